The molecule has 0 aromatic heterocycles. The molecular formula is BF3Li2O. The normalized spacial score (nSPS) is 3.86. The van der Waals surface area contributed by atoms with Crippen molar-refractivity contribution in [3.8, 4) is 0 Å². The van der Waals surface area contributed by atoms with Gasteiger partial charge in [-0.25, -0.2) is 0 Å². The van der Waals surface area contributed by atoms with Crippen LogP contribution in [0.15, 0.2) is 0 Å². The van der Waals surface area contributed by atoms with E-state index in [2.05, 4.69) is 0 Å². The van der Waals surface area contributed by atoms with Crippen molar-refractivity contribution in [1.82, 2.24) is 0 Å². The molecule has 0 aromatic carbocycles. The molecule has 0 aliphatic rings. The monoisotopic (exact) mass is 98.0 g/mol. The van der Waals surface area contributed by atoms with Crippen LogP contribution in [-0.2, 0) is 5.48 Å². The van der Waals surface area contributed by atoms with Crippen LogP contribution in [0.1, 0.15) is 0 Å². The molecule has 32 valence electrons. The van der Waals surface area contributed by atoms with Crippen LogP contribution in [0.5, 0.6) is 0 Å². The van der Waals surface area contributed by atoms with Crippen molar-refractivity contribution in [3.05, 3.63) is 0 Å². The Kier molecular flexibility index (Phi) is 55.1. The minimum atomic E-state index is -3.67. The van der Waals surface area contributed by atoms with Gasteiger partial charge in [-0.05, 0) is 0 Å². The van der Waals surface area contributed by atoms with Crippen LogP contribution in [0.2, 0.25) is 0 Å². The zero-order valence-electron chi connectivity index (χ0n) is 4.12. The second-order valence-electron chi connectivity index (χ2n) is 0.247. The molecule has 0 aliphatic heterocycles. The Bertz CT molecular complexity index is 17.7. The first-order valence-electron chi connectivity index (χ1n) is 0.655. The zero-order valence-corrected chi connectivity index (χ0v) is 4.12. The summed E-state index contributed by atoms with van der Waals surface area (Å²) in [6.45, 7) is 0. The van der Waals surface area contributed by atoms with Gasteiger partial charge in [-0.2, -0.15) is 0 Å². The quantitative estimate of drug-likeness (QED) is 0.271. The van der Waals surface area contributed by atoms with Crippen LogP contribution in [0.25, 0.3) is 0 Å². The average Bonchev–Trinajstić information content (AvgIpc) is 0.811. The molecule has 1 nitrogen and oxygen atoms in total. The second kappa shape index (κ2) is 15.7. The summed E-state index contributed by atoms with van der Waals surface area (Å²) >= 11 is 0. The van der Waals surface area contributed by atoms with Gasteiger partial charge in [0.25, 0.3) is 0 Å². The molecule has 0 rings (SSSR count). The molecule has 0 heterocycles. The maximum absolute atomic E-state index is 9.67. The van der Waals surface area contributed by atoms with E-state index in [1.165, 1.54) is 0 Å². The molecule has 0 unspecified atom stereocenters. The van der Waals surface area contributed by atoms with Crippen LogP contribution in [-0.4, -0.2) is 7.54 Å². The molecule has 0 fully saturated rings. The largest absolute Gasteiger partial charge is 2.00 e. The summed E-state index contributed by atoms with van der Waals surface area (Å²) in [5.74, 6) is 0. The van der Waals surface area contributed by atoms with Gasteiger partial charge in [-0.15, -0.1) is 0 Å². The fourth-order valence-corrected chi connectivity index (χ4v) is 0. The van der Waals surface area contributed by atoms with E-state index in [-0.39, 0.29) is 43.2 Å². The predicted octanol–water partition coefficient (Wildman–Crippen LogP) is -5.23. The zero-order chi connectivity index (χ0) is 3.58. The van der Waals surface area contributed by atoms with Gasteiger partial charge in [-0.3, -0.25) is 12.9 Å². The molecule has 0 N–H and O–H groups in total. The van der Waals surface area contributed by atoms with Crippen LogP contribution in [0.4, 0.5) is 12.9 Å². The van der Waals surface area contributed by atoms with Crippen LogP contribution in [0.3, 0.4) is 0 Å². The molecule has 7 heteroatoms. The Labute approximate surface area is 63.9 Å². The molecule has 0 aliphatic carbocycles. The minimum absolute atomic E-state index is 0. The van der Waals surface area contributed by atoms with Crippen LogP contribution in [0, 0.1) is 0 Å². The molecule has 0 amide bonds. The second-order valence-corrected chi connectivity index (χ2v) is 0.247. The summed E-state index contributed by atoms with van der Waals surface area (Å²) < 4.78 is 29.0. The molecule has 0 saturated carbocycles. The van der Waals surface area contributed by atoms with Gasteiger partial charge in [0.1, 0.15) is 0 Å². The molecule has 7 heavy (non-hydrogen) atoms. The summed E-state index contributed by atoms with van der Waals surface area (Å²) in [7, 11) is -3.67. The van der Waals surface area contributed by atoms with Crippen molar-refractivity contribution in [3.63, 3.8) is 0 Å². The smallest absolute Gasteiger partial charge is 1.00 e. The third-order valence-electron chi connectivity index (χ3n) is 0. The van der Waals surface area contributed by atoms with E-state index in [1.54, 1.807) is 0 Å². The van der Waals surface area contributed by atoms with Gasteiger partial charge in [0.05, 0.1) is 0 Å². The van der Waals surface area contributed by atoms with Crippen molar-refractivity contribution in [2.75, 3.05) is 0 Å². The maximum atomic E-state index is 9.67. The molecule has 0 saturated heterocycles. The summed E-state index contributed by atoms with van der Waals surface area (Å²) in [5, 5.41) is 0. The maximum Gasteiger partial charge on any atom is 1.00 e. The Morgan fingerprint density at radius 1 is 0.857 bits per heavy atom. The summed E-state index contributed by atoms with van der Waals surface area (Å²) in [6, 6.07) is 0. The van der Waals surface area contributed by atoms with Crippen LogP contribution >= 0.6 is 0 Å². The first-order valence-corrected chi connectivity index (χ1v) is 0.655. The van der Waals surface area contributed by atoms with E-state index in [1.807, 2.05) is 0 Å². The van der Waals surface area contributed by atoms with Gasteiger partial charge < -0.3 is 5.48 Å². The van der Waals surface area contributed by atoms with E-state index in [0.29, 0.717) is 0 Å². The number of halogens is 3. The van der Waals surface area contributed by atoms with E-state index >= 15 is 0 Å². The summed E-state index contributed by atoms with van der Waals surface area (Å²) in [5.41, 5.74) is 0. The fourth-order valence-electron chi connectivity index (χ4n) is 0. The van der Waals surface area contributed by atoms with Gasteiger partial charge >= 0.3 is 45.3 Å². The Balaban J connectivity index is -0.0000000150. The summed E-state index contributed by atoms with van der Waals surface area (Å²) in [6.07, 6.45) is 0. The third kappa shape index (κ3) is 173. The fraction of sp³-hybridized carbons (Fsp3) is 0. The first kappa shape index (κ1) is 24.5. The third-order valence-corrected chi connectivity index (χ3v) is 0. The minimum Gasteiger partial charge on any atom is -2.00 e. The standard InChI is InChI=1S/BF3.2Li.O/c2-1(3)4;;;/q;2*+1;-2. The van der Waals surface area contributed by atoms with Gasteiger partial charge in [-0.1, -0.05) is 0 Å². The van der Waals surface area contributed by atoms with Crippen molar-refractivity contribution in [2.24, 2.45) is 0 Å². The van der Waals surface area contributed by atoms with Gasteiger partial charge in [0.2, 0.25) is 0 Å². The predicted molar refractivity (Wildman–Crippen MR) is 9.76 cm³/mol. The molecule has 0 radical (unpaired) electrons. The Hall–Kier alpha value is 1.01. The Morgan fingerprint density at radius 3 is 0.857 bits per heavy atom. The molecule has 0 atom stereocenters. The van der Waals surface area contributed by atoms with E-state index in [9.17, 15) is 12.9 Å². The molecule has 0 spiro atoms. The number of hydrogen-bond donors (Lipinski definition) is 0. The van der Waals surface area contributed by atoms with Gasteiger partial charge in [0, 0.05) is 0 Å². The van der Waals surface area contributed by atoms with E-state index in [0.717, 1.165) is 0 Å². The van der Waals surface area contributed by atoms with Crippen molar-refractivity contribution < 1.29 is 56.1 Å². The average molecular weight is 97.7 g/mol. The van der Waals surface area contributed by atoms with Crippen molar-refractivity contribution in [1.29, 1.82) is 0 Å². The van der Waals surface area contributed by atoms with Crippen LogP contribution < -0.4 is 37.7 Å². The first-order chi connectivity index (χ1) is 1.73. The van der Waals surface area contributed by atoms with Crippen molar-refractivity contribution in [2.45, 2.75) is 0 Å². The van der Waals surface area contributed by atoms with Gasteiger partial charge in [0.15, 0.2) is 0 Å². The molecular weight excluding hydrogens is 97.7 g/mol. The SMILES string of the molecule is FB(F)F.[Li+].[Li+].[O-2]. The number of hydrogen-bond acceptors (Lipinski definition) is 0. The molecule has 0 bridgehead atoms. The van der Waals surface area contributed by atoms with Crippen molar-refractivity contribution >= 4 is 7.54 Å². The molecule has 0 aromatic rings. The van der Waals surface area contributed by atoms with E-state index in [4.69, 9.17) is 0 Å². The Morgan fingerprint density at radius 2 is 0.857 bits per heavy atom. The summed E-state index contributed by atoms with van der Waals surface area (Å²) in [4.78, 5) is 0. The topological polar surface area (TPSA) is 28.5 Å². The van der Waals surface area contributed by atoms with E-state index < -0.39 is 7.54 Å². The number of rotatable bonds is 0.